The highest BCUT2D eigenvalue weighted by Gasteiger charge is 2.37. The number of aryl methyl sites for hydroxylation is 3. The second kappa shape index (κ2) is 14.4. The summed E-state index contributed by atoms with van der Waals surface area (Å²) in [6.07, 6.45) is 13.6. The maximum atomic E-state index is 14.8. The zero-order chi connectivity index (χ0) is 27.7. The highest BCUT2D eigenvalue weighted by molar-refractivity contribution is 5.98. The maximum absolute atomic E-state index is 14.8. The van der Waals surface area contributed by atoms with E-state index in [-0.39, 0.29) is 0 Å². The van der Waals surface area contributed by atoms with Gasteiger partial charge in [-0.3, -0.25) is 0 Å². The van der Waals surface area contributed by atoms with E-state index < -0.39 is 11.7 Å². The molecule has 0 bridgehead atoms. The molecule has 0 unspecified atom stereocenters. The van der Waals surface area contributed by atoms with Crippen molar-refractivity contribution >= 4 is 16.5 Å². The van der Waals surface area contributed by atoms with E-state index in [1.807, 2.05) is 19.9 Å². The summed E-state index contributed by atoms with van der Waals surface area (Å²) < 4.78 is 46.8. The van der Waals surface area contributed by atoms with Crippen LogP contribution >= 0.6 is 0 Å². The number of allylic oxidation sites excluding steroid dienone is 4. The number of hydrogen-bond donors (Lipinski definition) is 0. The van der Waals surface area contributed by atoms with Gasteiger partial charge in [0.05, 0.1) is 5.57 Å². The predicted molar refractivity (Wildman–Crippen MR) is 158 cm³/mol. The lowest BCUT2D eigenvalue weighted by Gasteiger charge is -2.19. The van der Waals surface area contributed by atoms with Gasteiger partial charge in [0.25, 0.3) is 0 Å². The zero-order valence-electron chi connectivity index (χ0n) is 24.6. The highest BCUT2D eigenvalue weighted by Crippen LogP contribution is 2.43. The summed E-state index contributed by atoms with van der Waals surface area (Å²) in [6, 6.07) is 4.07. The van der Waals surface area contributed by atoms with Gasteiger partial charge in [-0.25, -0.2) is 0 Å². The van der Waals surface area contributed by atoms with Gasteiger partial charge < -0.3 is 4.57 Å². The third-order valence-electron chi connectivity index (χ3n) is 8.62. The molecule has 2 aromatic rings. The van der Waals surface area contributed by atoms with Gasteiger partial charge in [-0.05, 0) is 94.5 Å². The smallest absolute Gasteiger partial charge is 0.345 e. The minimum atomic E-state index is -4.41. The van der Waals surface area contributed by atoms with Crippen molar-refractivity contribution in [2.75, 3.05) is 0 Å². The van der Waals surface area contributed by atoms with E-state index >= 15 is 0 Å². The zero-order valence-corrected chi connectivity index (χ0v) is 24.6. The van der Waals surface area contributed by atoms with Gasteiger partial charge in [0, 0.05) is 23.1 Å². The fourth-order valence-corrected chi connectivity index (χ4v) is 6.19. The number of aromatic nitrogens is 1. The molecule has 1 fully saturated rings. The van der Waals surface area contributed by atoms with Gasteiger partial charge in [0.15, 0.2) is 0 Å². The fraction of sp³-hybridized carbons (Fsp3) is 0.647. The molecule has 38 heavy (non-hydrogen) atoms. The minimum Gasteiger partial charge on any atom is -0.345 e. The van der Waals surface area contributed by atoms with Gasteiger partial charge in [0.2, 0.25) is 0 Å². The molecule has 0 spiro atoms. The van der Waals surface area contributed by atoms with Crippen LogP contribution in [0.15, 0.2) is 29.4 Å². The van der Waals surface area contributed by atoms with Gasteiger partial charge >= 0.3 is 6.18 Å². The molecule has 0 radical (unpaired) electrons. The van der Waals surface area contributed by atoms with Crippen LogP contribution in [0.4, 0.5) is 13.2 Å². The lowest BCUT2D eigenvalue weighted by molar-refractivity contribution is -0.0689. The van der Waals surface area contributed by atoms with E-state index in [0.717, 1.165) is 84.8 Å². The molecule has 0 saturated heterocycles. The van der Waals surface area contributed by atoms with E-state index in [4.69, 9.17) is 0 Å². The number of fused-ring (bicyclic) bond motifs is 1. The number of unbranched alkanes of at least 4 members (excludes halogenated alkanes) is 8. The lowest BCUT2D eigenvalue weighted by atomic mass is 9.89. The minimum absolute atomic E-state index is 0.427. The van der Waals surface area contributed by atoms with Gasteiger partial charge in [0.1, 0.15) is 0 Å². The predicted octanol–water partition coefficient (Wildman–Crippen LogP) is 11.6. The molecular formula is C34H50F3N. The van der Waals surface area contributed by atoms with Crippen molar-refractivity contribution < 1.29 is 13.2 Å². The third kappa shape index (κ3) is 7.57. The van der Waals surface area contributed by atoms with Crippen molar-refractivity contribution in [1.29, 1.82) is 0 Å². The summed E-state index contributed by atoms with van der Waals surface area (Å²) in [6.45, 7) is 11.2. The van der Waals surface area contributed by atoms with Crippen molar-refractivity contribution in [2.24, 2.45) is 0 Å². The van der Waals surface area contributed by atoms with Crippen LogP contribution in [0.1, 0.15) is 133 Å². The molecule has 1 aliphatic carbocycles. The standard InChI is InChI=1S/C34H50F3N/c1-6-8-10-11-12-13-14-17-23-38-27(5)26(4)32-31(38)22-21-29(18-9-7-2)33(32)30(34(35,36)37)24-25(3)28-19-15-16-20-28/h21-22,24H,6-20,23H2,1-5H3/b30-24+. The van der Waals surface area contributed by atoms with Crippen LogP contribution in [0.2, 0.25) is 0 Å². The number of rotatable bonds is 14. The first-order valence-corrected chi connectivity index (χ1v) is 15.3. The van der Waals surface area contributed by atoms with Crippen LogP contribution in [-0.4, -0.2) is 10.7 Å². The quantitative estimate of drug-likeness (QED) is 0.214. The summed E-state index contributed by atoms with van der Waals surface area (Å²) in [4.78, 5) is 0. The molecule has 0 atom stereocenters. The Hall–Kier alpha value is -1.97. The largest absolute Gasteiger partial charge is 0.417 e. The Labute approximate surface area is 229 Å². The molecule has 1 aliphatic rings. The Kier molecular flexibility index (Phi) is 11.6. The molecule has 212 valence electrons. The SMILES string of the molecule is CCCCCCCCCCn1c(C)c(C)c2c(/C(=C\C(C)=C3CCCC3)C(F)(F)F)c(CCCC)ccc21. The Morgan fingerprint density at radius 3 is 2.08 bits per heavy atom. The average Bonchev–Trinajstić information content (AvgIpc) is 3.50. The number of benzene rings is 1. The van der Waals surface area contributed by atoms with E-state index in [1.165, 1.54) is 56.6 Å². The molecule has 1 aromatic heterocycles. The summed E-state index contributed by atoms with van der Waals surface area (Å²) >= 11 is 0. The van der Waals surface area contributed by atoms with Crippen LogP contribution < -0.4 is 0 Å². The van der Waals surface area contributed by atoms with Crippen molar-refractivity contribution in [1.82, 2.24) is 4.57 Å². The van der Waals surface area contributed by atoms with Gasteiger partial charge in [-0.15, -0.1) is 0 Å². The van der Waals surface area contributed by atoms with Crippen molar-refractivity contribution in [3.05, 3.63) is 51.7 Å². The highest BCUT2D eigenvalue weighted by atomic mass is 19.4. The Bertz CT molecular complexity index is 1110. The molecule has 0 amide bonds. The number of nitrogens with zero attached hydrogens (tertiary/aromatic N) is 1. The Morgan fingerprint density at radius 1 is 0.868 bits per heavy atom. The molecule has 1 saturated carbocycles. The summed E-state index contributed by atoms with van der Waals surface area (Å²) in [7, 11) is 0. The topological polar surface area (TPSA) is 4.93 Å². The molecular weight excluding hydrogens is 479 g/mol. The van der Waals surface area contributed by atoms with Gasteiger partial charge in [-0.2, -0.15) is 13.2 Å². The average molecular weight is 530 g/mol. The van der Waals surface area contributed by atoms with Gasteiger partial charge in [-0.1, -0.05) is 82.4 Å². The van der Waals surface area contributed by atoms with Crippen molar-refractivity contribution in [3.63, 3.8) is 0 Å². The molecule has 0 aliphatic heterocycles. The Balaban J connectivity index is 2.02. The lowest BCUT2D eigenvalue weighted by Crippen LogP contribution is -2.14. The monoisotopic (exact) mass is 529 g/mol. The normalized spacial score (nSPS) is 14.7. The number of halogens is 3. The molecule has 3 rings (SSSR count). The summed E-state index contributed by atoms with van der Waals surface area (Å²) in [5.74, 6) is 0. The second-order valence-corrected chi connectivity index (χ2v) is 11.5. The van der Waals surface area contributed by atoms with Crippen molar-refractivity contribution in [3.8, 4) is 0 Å². The van der Waals surface area contributed by atoms with E-state index in [1.54, 1.807) is 0 Å². The summed E-state index contributed by atoms with van der Waals surface area (Å²) in [5, 5.41) is 0.809. The first kappa shape index (κ1) is 30.6. The van der Waals surface area contributed by atoms with Crippen LogP contribution in [0.5, 0.6) is 0 Å². The van der Waals surface area contributed by atoms with E-state index in [9.17, 15) is 13.2 Å². The second-order valence-electron chi connectivity index (χ2n) is 11.5. The van der Waals surface area contributed by atoms with Crippen LogP contribution in [-0.2, 0) is 13.0 Å². The summed E-state index contributed by atoms with van der Waals surface area (Å²) in [5.41, 5.74) is 5.85. The van der Waals surface area contributed by atoms with E-state index in [0.29, 0.717) is 12.0 Å². The van der Waals surface area contributed by atoms with Crippen molar-refractivity contribution in [2.45, 2.75) is 144 Å². The van der Waals surface area contributed by atoms with Crippen LogP contribution in [0.25, 0.3) is 16.5 Å². The first-order valence-electron chi connectivity index (χ1n) is 15.3. The number of hydrogen-bond acceptors (Lipinski definition) is 0. The fourth-order valence-electron chi connectivity index (χ4n) is 6.19. The third-order valence-corrected chi connectivity index (χ3v) is 8.62. The molecule has 1 heterocycles. The number of alkyl halides is 3. The Morgan fingerprint density at radius 2 is 1.47 bits per heavy atom. The molecule has 1 aromatic carbocycles. The molecule has 1 nitrogen and oxygen atoms in total. The molecule has 0 N–H and O–H groups in total. The maximum Gasteiger partial charge on any atom is 0.417 e. The molecule has 4 heteroatoms. The van der Waals surface area contributed by atoms with E-state index in [2.05, 4.69) is 31.4 Å². The van der Waals surface area contributed by atoms with Crippen LogP contribution in [0.3, 0.4) is 0 Å². The first-order chi connectivity index (χ1) is 18.2. The van der Waals surface area contributed by atoms with Crippen LogP contribution in [0, 0.1) is 13.8 Å².